The highest BCUT2D eigenvalue weighted by Gasteiger charge is 2.23. The predicted octanol–water partition coefficient (Wildman–Crippen LogP) is 5.48. The molecule has 0 bridgehead atoms. The smallest absolute Gasteiger partial charge is 0.326 e. The highest BCUT2D eigenvalue weighted by molar-refractivity contribution is 7.09. The number of hydrogen-bond acceptors (Lipinski definition) is 6. The molecule has 0 aliphatic heterocycles. The van der Waals surface area contributed by atoms with E-state index in [-0.39, 0.29) is 12.3 Å². The Labute approximate surface area is 220 Å². The molecule has 0 fully saturated rings. The van der Waals surface area contributed by atoms with E-state index in [4.69, 9.17) is 0 Å². The number of nitrogens with one attached hydrogen (secondary N) is 2. The normalized spacial score (nSPS) is 11.7. The van der Waals surface area contributed by atoms with Crippen molar-refractivity contribution in [3.63, 3.8) is 0 Å². The van der Waals surface area contributed by atoms with E-state index in [1.165, 1.54) is 11.5 Å². The van der Waals surface area contributed by atoms with Crippen LogP contribution < -0.4 is 10.6 Å². The van der Waals surface area contributed by atoms with Gasteiger partial charge in [0.2, 0.25) is 0 Å². The lowest BCUT2D eigenvalue weighted by molar-refractivity contribution is -0.139. The first-order valence-electron chi connectivity index (χ1n) is 12.0. The van der Waals surface area contributed by atoms with Crippen molar-refractivity contribution in [2.45, 2.75) is 46.7 Å². The molecule has 0 aliphatic carbocycles. The van der Waals surface area contributed by atoms with Crippen LogP contribution in [0.5, 0.6) is 0 Å². The number of pyridine rings is 1. The van der Waals surface area contributed by atoms with Crippen LogP contribution in [0.25, 0.3) is 10.4 Å². The molecule has 0 saturated carbocycles. The number of carbonyl (C=O) groups is 2. The number of carbonyl (C=O) groups excluding carboxylic acids is 1. The molecule has 2 aromatic carbocycles. The molecule has 37 heavy (non-hydrogen) atoms. The molecule has 2 aromatic heterocycles. The van der Waals surface area contributed by atoms with Crippen LogP contribution in [-0.4, -0.2) is 32.4 Å². The number of nitrogens with zero attached hydrogens (tertiary/aromatic N) is 2. The molecule has 4 aromatic rings. The molecule has 7 nitrogen and oxygen atoms in total. The summed E-state index contributed by atoms with van der Waals surface area (Å²) >= 11 is 1.41. The molecule has 1 unspecified atom stereocenters. The molecule has 4 rings (SSSR count). The molecule has 2 heterocycles. The number of rotatable bonds is 9. The van der Waals surface area contributed by atoms with Crippen molar-refractivity contribution in [2.24, 2.45) is 0 Å². The minimum absolute atomic E-state index is 0.187. The van der Waals surface area contributed by atoms with E-state index >= 15 is 0 Å². The van der Waals surface area contributed by atoms with E-state index in [9.17, 15) is 14.7 Å². The maximum absolute atomic E-state index is 12.9. The fourth-order valence-corrected chi connectivity index (χ4v) is 5.12. The SMILES string of the molecule is Cc1ccnc(NCc2cc(-c3ccc(CC(NC(=O)c4c(C)cc(C)cc4C)C(=O)O)cc3)sn2)c1. The molecule has 0 radical (unpaired) electrons. The molecule has 8 heteroatoms. The Bertz CT molecular complexity index is 1410. The Balaban J connectivity index is 1.40. The lowest BCUT2D eigenvalue weighted by atomic mass is 9.98. The summed E-state index contributed by atoms with van der Waals surface area (Å²) in [4.78, 5) is 30.2. The first kappa shape index (κ1) is 26.0. The van der Waals surface area contributed by atoms with Gasteiger partial charge in [-0.25, -0.2) is 9.78 Å². The second-order valence-corrected chi connectivity index (χ2v) is 10.1. The lowest BCUT2D eigenvalue weighted by Crippen LogP contribution is -2.42. The van der Waals surface area contributed by atoms with Gasteiger partial charge in [-0.1, -0.05) is 42.0 Å². The lowest BCUT2D eigenvalue weighted by Gasteiger charge is -2.17. The predicted molar refractivity (Wildman–Crippen MR) is 147 cm³/mol. The van der Waals surface area contributed by atoms with E-state index in [0.717, 1.165) is 49.8 Å². The van der Waals surface area contributed by atoms with Crippen LogP contribution in [0, 0.1) is 27.7 Å². The zero-order valence-corrected chi connectivity index (χ0v) is 22.1. The van der Waals surface area contributed by atoms with Gasteiger partial charge in [-0.3, -0.25) is 4.79 Å². The van der Waals surface area contributed by atoms with Gasteiger partial charge in [0, 0.05) is 18.2 Å². The van der Waals surface area contributed by atoms with Crippen LogP contribution in [-0.2, 0) is 17.8 Å². The number of aromatic nitrogens is 2. The second-order valence-electron chi connectivity index (χ2n) is 9.29. The van der Waals surface area contributed by atoms with E-state index in [1.54, 1.807) is 6.20 Å². The van der Waals surface area contributed by atoms with Gasteiger partial charge in [0.05, 0.1) is 17.1 Å². The Morgan fingerprint density at radius 1 is 0.946 bits per heavy atom. The van der Waals surface area contributed by atoms with Crippen LogP contribution in [0.1, 0.15) is 43.9 Å². The number of amides is 1. The monoisotopic (exact) mass is 514 g/mol. The third kappa shape index (κ3) is 6.59. The summed E-state index contributed by atoms with van der Waals surface area (Å²) in [5.74, 6) is -0.625. The largest absolute Gasteiger partial charge is 0.480 e. The van der Waals surface area contributed by atoms with E-state index in [1.807, 2.05) is 82.3 Å². The van der Waals surface area contributed by atoms with Crippen molar-refractivity contribution in [3.05, 3.63) is 99.9 Å². The summed E-state index contributed by atoms with van der Waals surface area (Å²) in [6, 6.07) is 16.5. The molecule has 3 N–H and O–H groups in total. The number of carboxylic acid groups (broad SMARTS) is 1. The average molecular weight is 515 g/mol. The van der Waals surface area contributed by atoms with Gasteiger partial charge in [0.1, 0.15) is 11.9 Å². The molecular weight excluding hydrogens is 484 g/mol. The van der Waals surface area contributed by atoms with Crippen LogP contribution in [0.3, 0.4) is 0 Å². The third-order valence-corrected chi connectivity index (χ3v) is 6.99. The summed E-state index contributed by atoms with van der Waals surface area (Å²) in [7, 11) is 0. The molecule has 1 amide bonds. The van der Waals surface area contributed by atoms with Gasteiger partial charge in [0.15, 0.2) is 0 Å². The van der Waals surface area contributed by atoms with Crippen LogP contribution in [0.4, 0.5) is 5.82 Å². The molecule has 0 spiro atoms. The topological polar surface area (TPSA) is 104 Å². The van der Waals surface area contributed by atoms with Crippen molar-refractivity contribution in [1.82, 2.24) is 14.7 Å². The zero-order valence-electron chi connectivity index (χ0n) is 21.3. The Morgan fingerprint density at radius 2 is 1.65 bits per heavy atom. The van der Waals surface area contributed by atoms with Crippen molar-refractivity contribution in [3.8, 4) is 10.4 Å². The zero-order chi connectivity index (χ0) is 26.5. The molecule has 1 atom stereocenters. The number of anilines is 1. The fourth-order valence-electron chi connectivity index (χ4n) is 4.35. The summed E-state index contributed by atoms with van der Waals surface area (Å²) in [5, 5.41) is 15.8. The quantitative estimate of drug-likeness (QED) is 0.273. The standard InChI is InChI=1S/C29H30N4O3S/c1-17-9-10-30-26(13-17)31-16-23-15-25(37-33-23)22-7-5-21(6-8-22)14-24(29(35)36)32-28(34)27-19(3)11-18(2)12-20(27)4/h5-13,15,24H,14,16H2,1-4H3,(H,30,31)(H,32,34)(H,35,36). The van der Waals surface area contributed by atoms with Gasteiger partial charge >= 0.3 is 5.97 Å². The van der Waals surface area contributed by atoms with E-state index in [0.29, 0.717) is 12.1 Å². The number of benzene rings is 2. The van der Waals surface area contributed by atoms with Crippen LogP contribution >= 0.6 is 11.5 Å². The summed E-state index contributed by atoms with van der Waals surface area (Å²) in [6.45, 7) is 8.30. The number of carboxylic acids is 1. The maximum atomic E-state index is 12.9. The second kappa shape index (κ2) is 11.3. The van der Waals surface area contributed by atoms with Gasteiger partial charge in [-0.15, -0.1) is 0 Å². The Kier molecular flexibility index (Phi) is 7.98. The summed E-state index contributed by atoms with van der Waals surface area (Å²) in [5.41, 5.74) is 7.14. The van der Waals surface area contributed by atoms with Gasteiger partial charge in [-0.05, 0) is 85.2 Å². The first-order valence-corrected chi connectivity index (χ1v) is 12.8. The highest BCUT2D eigenvalue weighted by Crippen LogP contribution is 2.26. The van der Waals surface area contributed by atoms with Gasteiger partial charge in [-0.2, -0.15) is 4.37 Å². The average Bonchev–Trinajstić information content (AvgIpc) is 3.31. The molecule has 0 saturated heterocycles. The molecule has 0 aliphatic rings. The van der Waals surface area contributed by atoms with Crippen molar-refractivity contribution in [1.29, 1.82) is 0 Å². The number of hydrogen-bond donors (Lipinski definition) is 3. The summed E-state index contributed by atoms with van der Waals surface area (Å²) in [6.07, 6.45) is 1.96. The first-order chi connectivity index (χ1) is 17.7. The van der Waals surface area contributed by atoms with Crippen LogP contribution in [0.15, 0.2) is 60.8 Å². The molecule has 190 valence electrons. The fraction of sp³-hybridized carbons (Fsp3) is 0.241. The van der Waals surface area contributed by atoms with E-state index in [2.05, 4.69) is 20.0 Å². The minimum atomic E-state index is -1.07. The van der Waals surface area contributed by atoms with Gasteiger partial charge in [0.25, 0.3) is 5.91 Å². The minimum Gasteiger partial charge on any atom is -0.480 e. The van der Waals surface area contributed by atoms with Crippen molar-refractivity contribution in [2.75, 3.05) is 5.32 Å². The molecular formula is C29H30N4O3S. The third-order valence-electron chi connectivity index (χ3n) is 6.11. The van der Waals surface area contributed by atoms with E-state index < -0.39 is 12.0 Å². The summed E-state index contributed by atoms with van der Waals surface area (Å²) < 4.78 is 4.53. The Morgan fingerprint density at radius 3 is 2.30 bits per heavy atom. The maximum Gasteiger partial charge on any atom is 0.326 e. The number of aryl methyl sites for hydroxylation is 4. The highest BCUT2D eigenvalue weighted by atomic mass is 32.1. The Hall–Kier alpha value is -4.04. The van der Waals surface area contributed by atoms with Gasteiger partial charge < -0.3 is 15.7 Å². The van der Waals surface area contributed by atoms with Crippen LogP contribution in [0.2, 0.25) is 0 Å². The van der Waals surface area contributed by atoms with Crippen molar-refractivity contribution < 1.29 is 14.7 Å². The number of aliphatic carboxylic acids is 1. The van der Waals surface area contributed by atoms with Crippen molar-refractivity contribution >= 4 is 29.2 Å².